The molecule has 1 heterocycles. The Morgan fingerprint density at radius 3 is 1.65 bits per heavy atom. The van der Waals surface area contributed by atoms with Crippen molar-refractivity contribution >= 4 is 65.0 Å². The second-order valence-corrected chi connectivity index (χ2v) is 21.0. The number of carbonyl (C=O) groups excluding carboxylic acids is 10. The quantitative estimate of drug-likeness (QED) is 0.0501. The van der Waals surface area contributed by atoms with Gasteiger partial charge in [0.25, 0.3) is 0 Å². The fourth-order valence-corrected chi connectivity index (χ4v) is 9.08. The zero-order chi connectivity index (χ0) is 61.9. The normalized spacial score (nSPS) is 20.8. The Kier molecular flexibility index (Phi) is 28.2. The lowest BCUT2D eigenvalue weighted by atomic mass is 9.96. The SMILES string of the molecule is CC[C@H](C)[C@H](NC(=O)C1CCCCCCCCC(NC(=O)[C@H](CC(N)=O)NC(=O)[C@@H](N)CO)C(=O)N[C@@H](Cc2ccc(O)cc2)C(=O)N[C@@H](Cc2ccccc2)C(=O)NC(CO)C(=O)N1)C(=O)N[C@@H](C)C(=O)N[C@@H](Cc1ccccc1)C(=O)O. The molecule has 0 radical (unpaired) electrons. The topological polar surface area (TPSA) is 429 Å². The van der Waals surface area contributed by atoms with Gasteiger partial charge in [0.15, 0.2) is 0 Å². The Balaban J connectivity index is 1.67. The number of amides is 10. The van der Waals surface area contributed by atoms with Crippen LogP contribution < -0.4 is 59.3 Å². The number of phenols is 1. The van der Waals surface area contributed by atoms with Gasteiger partial charge in [0.2, 0.25) is 59.1 Å². The summed E-state index contributed by atoms with van der Waals surface area (Å²) in [5.74, 6) is -11.1. The van der Waals surface area contributed by atoms with Crippen LogP contribution in [0.2, 0.25) is 0 Å². The molecule has 0 saturated carbocycles. The predicted molar refractivity (Wildman–Crippen MR) is 305 cm³/mol. The van der Waals surface area contributed by atoms with Gasteiger partial charge in [0.05, 0.1) is 19.6 Å². The fraction of sp³-hybridized carbons (Fsp3) is 0.500. The summed E-state index contributed by atoms with van der Waals surface area (Å²) in [6.45, 7) is 3.01. The van der Waals surface area contributed by atoms with E-state index in [0.717, 1.165) is 0 Å². The third-order valence-electron chi connectivity index (χ3n) is 14.3. The van der Waals surface area contributed by atoms with E-state index in [9.17, 15) is 73.2 Å². The monoisotopic (exact) mass is 1170 g/mol. The van der Waals surface area contributed by atoms with Gasteiger partial charge in [-0.3, -0.25) is 47.9 Å². The standard InChI is InChI=1S/C58H81N11O15/c1-4-33(2)48(57(82)61-34(3)49(74)67-45(58(83)84)29-36-19-13-10-14-20-36)69-52(77)41-22-16-8-6-5-7-15-21-40(62-55(80)44(30-47(60)73)64-50(75)39(59)31-70)51(76)65-43(28-37-23-25-38(72)26-24-37)53(78)66-42(27-35-17-11-9-12-18-35)54(79)68-46(32-71)56(81)63-41/h9-14,17-20,23-26,33-34,39-46,48,70-72H,4-8,15-16,21-22,27-32,59H2,1-3H3,(H2,60,73)(H,61,82)(H,62,80)(H,63,81)(H,64,75)(H,65,76)(H,66,78)(H,67,74)(H,68,79)(H,69,77)(H,83,84)/t33-,34-,39-,40?,41?,42-,43-,44-,45-,46?,48-/m0/s1. The van der Waals surface area contributed by atoms with Gasteiger partial charge in [0, 0.05) is 19.3 Å². The van der Waals surface area contributed by atoms with Gasteiger partial charge in [-0.05, 0) is 54.5 Å². The smallest absolute Gasteiger partial charge is 0.326 e. The second-order valence-electron chi connectivity index (χ2n) is 21.0. The number of nitrogens with one attached hydrogen (secondary N) is 9. The van der Waals surface area contributed by atoms with Crippen LogP contribution in [0.4, 0.5) is 0 Å². The van der Waals surface area contributed by atoms with Crippen molar-refractivity contribution in [3.8, 4) is 5.75 Å². The molecule has 1 fully saturated rings. The number of hydrogen-bond donors (Lipinski definition) is 15. The fourth-order valence-electron chi connectivity index (χ4n) is 9.08. The van der Waals surface area contributed by atoms with E-state index in [1.54, 1.807) is 74.5 Å². The maximum absolute atomic E-state index is 14.6. The summed E-state index contributed by atoms with van der Waals surface area (Å²) < 4.78 is 0. The Bertz CT molecular complexity index is 2700. The summed E-state index contributed by atoms with van der Waals surface area (Å²) >= 11 is 0. The van der Waals surface area contributed by atoms with Crippen molar-refractivity contribution < 1.29 is 73.2 Å². The van der Waals surface area contributed by atoms with Crippen LogP contribution in [-0.2, 0) is 72.0 Å². The van der Waals surface area contributed by atoms with Crippen LogP contribution in [0.15, 0.2) is 84.9 Å². The molecule has 3 aromatic carbocycles. The van der Waals surface area contributed by atoms with Crippen molar-refractivity contribution in [3.05, 3.63) is 102 Å². The Hall–Kier alpha value is -8.49. The lowest BCUT2D eigenvalue weighted by Gasteiger charge is -2.29. The van der Waals surface area contributed by atoms with E-state index in [0.29, 0.717) is 61.6 Å². The molecule has 26 heteroatoms. The van der Waals surface area contributed by atoms with Gasteiger partial charge < -0.3 is 79.7 Å². The summed E-state index contributed by atoms with van der Waals surface area (Å²) in [5, 5.41) is 63.0. The summed E-state index contributed by atoms with van der Waals surface area (Å²) in [5.41, 5.74) is 12.7. The lowest BCUT2D eigenvalue weighted by Crippen LogP contribution is -2.62. The van der Waals surface area contributed by atoms with E-state index in [2.05, 4.69) is 47.9 Å². The van der Waals surface area contributed by atoms with Gasteiger partial charge in [-0.2, -0.15) is 0 Å². The van der Waals surface area contributed by atoms with E-state index >= 15 is 0 Å². The summed E-state index contributed by atoms with van der Waals surface area (Å²) in [6.07, 6.45) is 1.82. The highest BCUT2D eigenvalue weighted by Crippen LogP contribution is 2.17. The minimum atomic E-state index is -1.72. The average molecular weight is 1170 g/mol. The number of carboxylic acid groups (broad SMARTS) is 1. The summed E-state index contributed by atoms with van der Waals surface area (Å²) in [7, 11) is 0. The van der Waals surface area contributed by atoms with Gasteiger partial charge in [-0.15, -0.1) is 0 Å². The zero-order valence-electron chi connectivity index (χ0n) is 47.5. The number of carbonyl (C=O) groups is 11. The second kappa shape index (κ2) is 34.8. The van der Waals surface area contributed by atoms with Gasteiger partial charge in [0.1, 0.15) is 66.2 Å². The van der Waals surface area contributed by atoms with E-state index in [4.69, 9.17) is 11.5 Å². The van der Waals surface area contributed by atoms with E-state index in [1.165, 1.54) is 31.2 Å². The first-order valence-electron chi connectivity index (χ1n) is 28.1. The number of aliphatic hydroxyl groups excluding tert-OH is 2. The largest absolute Gasteiger partial charge is 0.508 e. The molecular weight excluding hydrogens is 1090 g/mol. The minimum absolute atomic E-state index is 0.00901. The maximum Gasteiger partial charge on any atom is 0.326 e. The van der Waals surface area contributed by atoms with Crippen LogP contribution in [0.5, 0.6) is 5.75 Å². The highest BCUT2D eigenvalue weighted by atomic mass is 16.4. The first-order valence-corrected chi connectivity index (χ1v) is 28.1. The van der Waals surface area contributed by atoms with Crippen LogP contribution in [0.1, 0.15) is 102 Å². The van der Waals surface area contributed by atoms with Crippen molar-refractivity contribution in [1.29, 1.82) is 0 Å². The van der Waals surface area contributed by atoms with Crippen molar-refractivity contribution in [2.75, 3.05) is 13.2 Å². The van der Waals surface area contributed by atoms with E-state index < -0.39 is 151 Å². The average Bonchev–Trinajstić information content (AvgIpc) is 3.61. The van der Waals surface area contributed by atoms with Gasteiger partial charge >= 0.3 is 5.97 Å². The number of rotatable bonds is 23. The number of aromatic hydroxyl groups is 1. The number of primary amides is 1. The molecule has 3 unspecified atom stereocenters. The molecule has 4 rings (SSSR count). The molecule has 10 amide bonds. The molecule has 1 aliphatic rings. The van der Waals surface area contributed by atoms with Crippen molar-refractivity contribution in [2.24, 2.45) is 17.4 Å². The van der Waals surface area contributed by atoms with Crippen molar-refractivity contribution in [3.63, 3.8) is 0 Å². The zero-order valence-corrected chi connectivity index (χ0v) is 47.5. The molecule has 0 bridgehead atoms. The number of phenolic OH excluding ortho intramolecular Hbond substituents is 1. The predicted octanol–water partition coefficient (Wildman–Crippen LogP) is -1.74. The molecule has 17 N–H and O–H groups in total. The molecule has 0 aliphatic carbocycles. The van der Waals surface area contributed by atoms with Crippen LogP contribution >= 0.6 is 0 Å². The van der Waals surface area contributed by atoms with E-state index in [-0.39, 0.29) is 37.9 Å². The molecule has 458 valence electrons. The van der Waals surface area contributed by atoms with Crippen molar-refractivity contribution in [2.45, 2.75) is 165 Å². The molecule has 0 aromatic heterocycles. The first kappa shape index (κ1) is 68.0. The molecule has 1 saturated heterocycles. The number of nitrogens with two attached hydrogens (primary N) is 2. The number of aliphatic carboxylic acids is 1. The van der Waals surface area contributed by atoms with Gasteiger partial charge in [-0.25, -0.2) is 4.79 Å². The number of benzene rings is 3. The third kappa shape index (κ3) is 22.7. The van der Waals surface area contributed by atoms with Crippen LogP contribution in [-0.4, -0.2) is 159 Å². The Labute approximate surface area is 487 Å². The minimum Gasteiger partial charge on any atom is -0.508 e. The molecule has 26 nitrogen and oxygen atoms in total. The first-order chi connectivity index (χ1) is 40.0. The van der Waals surface area contributed by atoms with Crippen LogP contribution in [0, 0.1) is 5.92 Å². The highest BCUT2D eigenvalue weighted by Gasteiger charge is 2.36. The number of carboxylic acids is 1. The summed E-state index contributed by atoms with van der Waals surface area (Å²) in [6, 6.07) is 8.21. The Morgan fingerprint density at radius 1 is 0.595 bits per heavy atom. The third-order valence-corrected chi connectivity index (χ3v) is 14.3. The van der Waals surface area contributed by atoms with E-state index in [1.807, 2.05) is 0 Å². The molecule has 11 atom stereocenters. The van der Waals surface area contributed by atoms with Crippen LogP contribution in [0.3, 0.4) is 0 Å². The summed E-state index contributed by atoms with van der Waals surface area (Å²) in [4.78, 5) is 150. The van der Waals surface area contributed by atoms with Gasteiger partial charge in [-0.1, -0.05) is 132 Å². The number of hydrogen-bond acceptors (Lipinski definition) is 15. The molecule has 3 aromatic rings. The van der Waals surface area contributed by atoms with Crippen LogP contribution in [0.25, 0.3) is 0 Å². The lowest BCUT2D eigenvalue weighted by molar-refractivity contribution is -0.142. The molecule has 84 heavy (non-hydrogen) atoms. The molecular formula is C58H81N11O15. The molecule has 0 spiro atoms. The maximum atomic E-state index is 14.6. The van der Waals surface area contributed by atoms with Crippen molar-refractivity contribution in [1.82, 2.24) is 47.9 Å². The molecule has 1 aliphatic heterocycles. The number of aliphatic hydroxyl groups is 2. The Morgan fingerprint density at radius 2 is 1.11 bits per heavy atom. The highest BCUT2D eigenvalue weighted by molar-refractivity contribution is 5.99.